The molecule has 0 N–H and O–H groups in total. The van der Waals surface area contributed by atoms with Crippen LogP contribution in [-0.4, -0.2) is 59.8 Å². The molecule has 14 nitrogen and oxygen atoms in total. The standard InChI is InChI=1S/C24H24N2O12/c27-19(13-38-24(30)16-36-22-11-7-18(8-12-22)26(33)34)3-1-2-4-23(29)37-15-20(28)14-35-21-9-5-17(6-10-21)25(31)32/h5-12H,1-4,13-16H2. The maximum atomic E-state index is 11.8. The van der Waals surface area contributed by atoms with Gasteiger partial charge in [0.25, 0.3) is 11.4 Å². The van der Waals surface area contributed by atoms with Crippen LogP contribution >= 0.6 is 0 Å². The van der Waals surface area contributed by atoms with Crippen molar-refractivity contribution in [1.82, 2.24) is 0 Å². The lowest BCUT2D eigenvalue weighted by Gasteiger charge is -2.07. The van der Waals surface area contributed by atoms with Crippen molar-refractivity contribution in [2.75, 3.05) is 26.4 Å². The van der Waals surface area contributed by atoms with Crippen LogP contribution in [-0.2, 0) is 28.7 Å². The minimum absolute atomic E-state index is 0.0212. The molecule has 0 heterocycles. The van der Waals surface area contributed by atoms with Crippen molar-refractivity contribution < 1.29 is 48.0 Å². The third kappa shape index (κ3) is 11.2. The Hall–Kier alpha value is -4.88. The van der Waals surface area contributed by atoms with Crippen LogP contribution < -0.4 is 9.47 Å². The van der Waals surface area contributed by atoms with E-state index in [-0.39, 0.29) is 48.1 Å². The second kappa shape index (κ2) is 15.3. The number of benzene rings is 2. The van der Waals surface area contributed by atoms with Gasteiger partial charge in [-0.1, -0.05) is 0 Å². The zero-order valence-corrected chi connectivity index (χ0v) is 20.1. The quantitative estimate of drug-likeness (QED) is 0.125. The third-order valence-electron chi connectivity index (χ3n) is 4.73. The van der Waals surface area contributed by atoms with E-state index in [1.807, 2.05) is 0 Å². The number of Topliss-reactive ketones (excluding diaryl/α,β-unsaturated/α-hetero) is 2. The van der Waals surface area contributed by atoms with Crippen LogP contribution in [0.3, 0.4) is 0 Å². The van der Waals surface area contributed by atoms with Crippen molar-refractivity contribution in [3.8, 4) is 11.5 Å². The smallest absolute Gasteiger partial charge is 0.344 e. The molecule has 0 aliphatic rings. The Labute approximate surface area is 215 Å². The number of non-ortho nitro benzene ring substituents is 2. The van der Waals surface area contributed by atoms with Crippen LogP contribution in [0.15, 0.2) is 48.5 Å². The average Bonchev–Trinajstić information content (AvgIpc) is 2.91. The minimum Gasteiger partial charge on any atom is -0.486 e. The molecule has 0 amide bonds. The summed E-state index contributed by atoms with van der Waals surface area (Å²) in [4.78, 5) is 67.1. The topological polar surface area (TPSA) is 191 Å². The van der Waals surface area contributed by atoms with E-state index in [0.717, 1.165) is 0 Å². The molecule has 0 saturated carbocycles. The molecule has 2 aromatic carbocycles. The van der Waals surface area contributed by atoms with Gasteiger partial charge in [0.15, 0.2) is 19.0 Å². The fraction of sp³-hybridized carbons (Fsp3) is 0.333. The number of nitro benzene ring substituents is 2. The number of rotatable bonds is 17. The number of carbonyl (C=O) groups excluding carboxylic acids is 4. The SMILES string of the molecule is O=C(CCCCC(=O)OCC(=O)COc1ccc([N+](=O)[O-])cc1)COC(=O)COc1ccc([N+](=O)[O-])cc1. The summed E-state index contributed by atoms with van der Waals surface area (Å²) in [5, 5.41) is 21.2. The van der Waals surface area contributed by atoms with Crippen LogP contribution in [0, 0.1) is 20.2 Å². The van der Waals surface area contributed by atoms with Crippen LogP contribution in [0.1, 0.15) is 25.7 Å². The molecule has 0 radical (unpaired) electrons. The van der Waals surface area contributed by atoms with Crippen LogP contribution in [0.5, 0.6) is 11.5 Å². The van der Waals surface area contributed by atoms with Crippen molar-refractivity contribution in [2.45, 2.75) is 25.7 Å². The van der Waals surface area contributed by atoms with Crippen molar-refractivity contribution >= 4 is 34.9 Å². The van der Waals surface area contributed by atoms with Gasteiger partial charge >= 0.3 is 11.9 Å². The summed E-state index contributed by atoms with van der Waals surface area (Å²) >= 11 is 0. The van der Waals surface area contributed by atoms with Gasteiger partial charge in [-0.05, 0) is 37.1 Å². The Kier molecular flexibility index (Phi) is 11.8. The maximum absolute atomic E-state index is 11.8. The molecule has 0 unspecified atom stereocenters. The van der Waals surface area contributed by atoms with E-state index in [2.05, 4.69) is 0 Å². The van der Waals surface area contributed by atoms with Gasteiger partial charge in [-0.15, -0.1) is 0 Å². The Morgan fingerprint density at radius 2 is 1.03 bits per heavy atom. The Balaban J connectivity index is 1.51. The van der Waals surface area contributed by atoms with E-state index in [1.54, 1.807) is 0 Å². The lowest BCUT2D eigenvalue weighted by Crippen LogP contribution is -2.20. The molecule has 0 aliphatic heterocycles. The number of esters is 2. The molecule has 0 saturated heterocycles. The van der Waals surface area contributed by atoms with E-state index in [1.165, 1.54) is 48.5 Å². The fourth-order valence-electron chi connectivity index (χ4n) is 2.78. The molecule has 2 rings (SSSR count). The number of hydrogen-bond donors (Lipinski definition) is 0. The molecule has 2 aromatic rings. The largest absolute Gasteiger partial charge is 0.486 e. The molecule has 0 aliphatic carbocycles. The predicted molar refractivity (Wildman–Crippen MR) is 128 cm³/mol. The highest BCUT2D eigenvalue weighted by atomic mass is 16.6. The molecular weight excluding hydrogens is 508 g/mol. The number of hydrogen-bond acceptors (Lipinski definition) is 12. The molecule has 202 valence electrons. The first-order valence-electron chi connectivity index (χ1n) is 11.2. The molecular formula is C24H24N2O12. The molecule has 0 bridgehead atoms. The maximum Gasteiger partial charge on any atom is 0.344 e. The van der Waals surface area contributed by atoms with Gasteiger partial charge < -0.3 is 18.9 Å². The van der Waals surface area contributed by atoms with Gasteiger partial charge in [0.2, 0.25) is 5.78 Å². The number of ketones is 2. The highest BCUT2D eigenvalue weighted by molar-refractivity contribution is 5.84. The molecule has 0 spiro atoms. The summed E-state index contributed by atoms with van der Waals surface area (Å²) < 4.78 is 20.0. The Bertz CT molecular complexity index is 1050. The summed E-state index contributed by atoms with van der Waals surface area (Å²) in [7, 11) is 0. The van der Waals surface area contributed by atoms with Crippen LogP contribution in [0.25, 0.3) is 0 Å². The van der Waals surface area contributed by atoms with Gasteiger partial charge in [-0.3, -0.25) is 34.6 Å². The van der Waals surface area contributed by atoms with Gasteiger partial charge in [0, 0.05) is 37.1 Å². The Morgan fingerprint density at radius 3 is 1.55 bits per heavy atom. The lowest BCUT2D eigenvalue weighted by atomic mass is 10.1. The van der Waals surface area contributed by atoms with Crippen molar-refractivity contribution in [3.05, 3.63) is 68.8 Å². The molecule has 0 fully saturated rings. The molecule has 14 heteroatoms. The first-order chi connectivity index (χ1) is 18.1. The second-order valence-corrected chi connectivity index (χ2v) is 7.69. The van der Waals surface area contributed by atoms with Crippen LogP contribution in [0.4, 0.5) is 11.4 Å². The first kappa shape index (κ1) is 29.4. The molecule has 0 aromatic heterocycles. The highest BCUT2D eigenvalue weighted by Gasteiger charge is 2.12. The summed E-state index contributed by atoms with van der Waals surface area (Å²) in [6.45, 7) is -1.81. The number of nitrogens with zero attached hydrogens (tertiary/aromatic N) is 2. The number of ether oxygens (including phenoxy) is 4. The number of carbonyl (C=O) groups is 4. The van der Waals surface area contributed by atoms with E-state index < -0.39 is 47.4 Å². The van der Waals surface area contributed by atoms with Gasteiger partial charge in [-0.2, -0.15) is 0 Å². The zero-order valence-electron chi connectivity index (χ0n) is 20.1. The monoisotopic (exact) mass is 532 g/mol. The fourth-order valence-corrected chi connectivity index (χ4v) is 2.78. The summed E-state index contributed by atoms with van der Waals surface area (Å²) in [6.07, 6.45) is 0.690. The summed E-state index contributed by atoms with van der Waals surface area (Å²) in [5.41, 5.74) is -0.245. The number of unbranched alkanes of at least 4 members (excludes halogenated alkanes) is 1. The van der Waals surface area contributed by atoms with Crippen molar-refractivity contribution in [1.29, 1.82) is 0 Å². The van der Waals surface area contributed by atoms with Gasteiger partial charge in [0.05, 0.1) is 9.85 Å². The van der Waals surface area contributed by atoms with E-state index in [0.29, 0.717) is 12.8 Å². The lowest BCUT2D eigenvalue weighted by molar-refractivity contribution is -0.385. The van der Waals surface area contributed by atoms with Crippen LogP contribution in [0.2, 0.25) is 0 Å². The molecule has 38 heavy (non-hydrogen) atoms. The first-order valence-corrected chi connectivity index (χ1v) is 11.2. The van der Waals surface area contributed by atoms with Gasteiger partial charge in [-0.25, -0.2) is 4.79 Å². The predicted octanol–water partition coefficient (Wildman–Crippen LogP) is 2.75. The van der Waals surface area contributed by atoms with Crippen molar-refractivity contribution in [2.24, 2.45) is 0 Å². The van der Waals surface area contributed by atoms with Crippen molar-refractivity contribution in [3.63, 3.8) is 0 Å². The summed E-state index contributed by atoms with van der Waals surface area (Å²) in [6, 6.07) is 10.2. The van der Waals surface area contributed by atoms with E-state index in [4.69, 9.17) is 18.9 Å². The zero-order chi connectivity index (χ0) is 27.9. The Morgan fingerprint density at radius 1 is 0.579 bits per heavy atom. The van der Waals surface area contributed by atoms with E-state index in [9.17, 15) is 39.4 Å². The van der Waals surface area contributed by atoms with E-state index >= 15 is 0 Å². The minimum atomic E-state index is -0.789. The summed E-state index contributed by atoms with van der Waals surface area (Å²) in [5.74, 6) is -1.81. The van der Waals surface area contributed by atoms with Gasteiger partial charge in [0.1, 0.15) is 24.7 Å². The molecule has 0 atom stereocenters. The number of nitro groups is 2. The highest BCUT2D eigenvalue weighted by Crippen LogP contribution is 2.18. The second-order valence-electron chi connectivity index (χ2n) is 7.69. The average molecular weight is 532 g/mol. The normalized spacial score (nSPS) is 10.2. The third-order valence-corrected chi connectivity index (χ3v) is 4.73.